The van der Waals surface area contributed by atoms with Crippen LogP contribution < -0.4 is 5.32 Å². The number of carbonyl (C=O) groups is 4. The smallest absolute Gasteiger partial charge is 0.358 e. The molecule has 0 saturated carbocycles. The van der Waals surface area contributed by atoms with Crippen LogP contribution in [0.5, 0.6) is 0 Å². The van der Waals surface area contributed by atoms with Crippen LogP contribution in [-0.4, -0.2) is 66.7 Å². The van der Waals surface area contributed by atoms with Gasteiger partial charge in [-0.25, -0.2) is 4.79 Å². The Hall–Kier alpha value is -2.05. The van der Waals surface area contributed by atoms with E-state index in [0.717, 1.165) is 25.7 Å². The molecule has 0 aromatic heterocycles. The molecule has 12 heteroatoms. The van der Waals surface area contributed by atoms with E-state index in [1.165, 1.54) is 0 Å². The third kappa shape index (κ3) is 7.06. The largest absolute Gasteiger partial charge is 0.360 e. The number of amides is 3. The van der Waals surface area contributed by atoms with Crippen molar-refractivity contribution >= 4 is 33.8 Å². The Labute approximate surface area is 150 Å². The topological polar surface area (TPSA) is 156 Å². The average molecular weight is 394 g/mol. The summed E-state index contributed by atoms with van der Waals surface area (Å²) in [6, 6.07) is 0. The van der Waals surface area contributed by atoms with Crippen LogP contribution in [0.25, 0.3) is 0 Å². The lowest BCUT2D eigenvalue weighted by molar-refractivity contribution is -0.200. The molecule has 0 radical (unpaired) electrons. The van der Waals surface area contributed by atoms with Crippen molar-refractivity contribution in [3.63, 3.8) is 0 Å². The SMILES string of the molecule is CCCCCCNC(=O)COCC(=O)ON1C(=O)CC(S(=O)(=O)O)C1=O. The van der Waals surface area contributed by atoms with Crippen LogP contribution in [0.15, 0.2) is 0 Å². The predicted molar refractivity (Wildman–Crippen MR) is 85.9 cm³/mol. The third-order valence-electron chi connectivity index (χ3n) is 3.42. The predicted octanol–water partition coefficient (Wildman–Crippen LogP) is -0.827. The summed E-state index contributed by atoms with van der Waals surface area (Å²) in [5.74, 6) is -4.06. The number of nitrogens with one attached hydrogen (secondary N) is 1. The zero-order chi connectivity index (χ0) is 19.7. The molecule has 1 unspecified atom stereocenters. The van der Waals surface area contributed by atoms with Gasteiger partial charge in [0.25, 0.3) is 21.9 Å². The zero-order valence-electron chi connectivity index (χ0n) is 14.3. The summed E-state index contributed by atoms with van der Waals surface area (Å²) in [6.07, 6.45) is 3.14. The van der Waals surface area contributed by atoms with Gasteiger partial charge in [-0.1, -0.05) is 26.2 Å². The number of hydrogen-bond donors (Lipinski definition) is 2. The second-order valence-electron chi connectivity index (χ2n) is 5.60. The summed E-state index contributed by atoms with van der Waals surface area (Å²) < 4.78 is 35.6. The Kier molecular flexibility index (Phi) is 8.61. The average Bonchev–Trinajstić information content (AvgIpc) is 2.83. The molecule has 1 aliphatic heterocycles. The van der Waals surface area contributed by atoms with Crippen LogP contribution in [0.2, 0.25) is 0 Å². The van der Waals surface area contributed by atoms with E-state index in [2.05, 4.69) is 17.1 Å². The zero-order valence-corrected chi connectivity index (χ0v) is 15.1. The van der Waals surface area contributed by atoms with E-state index < -0.39 is 58.7 Å². The van der Waals surface area contributed by atoms with Crippen molar-refractivity contribution in [3.05, 3.63) is 0 Å². The molecule has 1 fully saturated rings. The fraction of sp³-hybridized carbons (Fsp3) is 0.714. The summed E-state index contributed by atoms with van der Waals surface area (Å²) in [7, 11) is -4.78. The van der Waals surface area contributed by atoms with E-state index in [9.17, 15) is 27.6 Å². The Morgan fingerprint density at radius 2 is 1.92 bits per heavy atom. The van der Waals surface area contributed by atoms with Crippen LogP contribution in [0.1, 0.15) is 39.0 Å². The highest BCUT2D eigenvalue weighted by Crippen LogP contribution is 2.19. The molecule has 0 aliphatic carbocycles. The third-order valence-corrected chi connectivity index (χ3v) is 4.51. The van der Waals surface area contributed by atoms with E-state index in [-0.39, 0.29) is 5.06 Å². The van der Waals surface area contributed by atoms with Crippen molar-refractivity contribution in [3.8, 4) is 0 Å². The maximum atomic E-state index is 11.7. The van der Waals surface area contributed by atoms with Crippen molar-refractivity contribution in [1.82, 2.24) is 10.4 Å². The molecule has 26 heavy (non-hydrogen) atoms. The number of hydroxylamine groups is 2. The molecule has 2 N–H and O–H groups in total. The summed E-state index contributed by atoms with van der Waals surface area (Å²) in [5, 5.41) is 0.568. The fourth-order valence-electron chi connectivity index (χ4n) is 2.10. The van der Waals surface area contributed by atoms with Gasteiger partial charge in [0.2, 0.25) is 5.91 Å². The van der Waals surface area contributed by atoms with E-state index in [0.29, 0.717) is 6.54 Å². The Bertz CT molecular complexity index is 647. The van der Waals surface area contributed by atoms with Crippen LogP contribution in [0, 0.1) is 0 Å². The van der Waals surface area contributed by atoms with Gasteiger partial charge >= 0.3 is 5.97 Å². The minimum atomic E-state index is -4.78. The Balaban J connectivity index is 2.29. The molecule has 11 nitrogen and oxygen atoms in total. The van der Waals surface area contributed by atoms with Crippen molar-refractivity contribution in [2.75, 3.05) is 19.8 Å². The number of ether oxygens (including phenoxy) is 1. The molecule has 3 amide bonds. The van der Waals surface area contributed by atoms with E-state index in [1.54, 1.807) is 0 Å². The summed E-state index contributed by atoms with van der Waals surface area (Å²) in [4.78, 5) is 50.6. The van der Waals surface area contributed by atoms with Gasteiger partial charge in [0, 0.05) is 6.54 Å². The van der Waals surface area contributed by atoms with Gasteiger partial charge in [-0.15, -0.1) is 5.06 Å². The summed E-state index contributed by atoms with van der Waals surface area (Å²) in [6.45, 7) is 1.41. The minimum Gasteiger partial charge on any atom is -0.360 e. The second-order valence-corrected chi connectivity index (χ2v) is 7.20. The molecule has 0 aromatic carbocycles. The molecular formula is C14H22N2O9S. The number of imide groups is 1. The van der Waals surface area contributed by atoms with Gasteiger partial charge in [0.15, 0.2) is 5.25 Å². The highest BCUT2D eigenvalue weighted by molar-refractivity contribution is 7.87. The molecule has 1 heterocycles. The summed E-state index contributed by atoms with van der Waals surface area (Å²) >= 11 is 0. The first-order valence-electron chi connectivity index (χ1n) is 8.05. The molecule has 1 aliphatic rings. The number of hydrogen-bond acceptors (Lipinski definition) is 8. The highest BCUT2D eigenvalue weighted by Gasteiger charge is 2.48. The number of unbranched alkanes of at least 4 members (excludes halogenated alkanes) is 3. The van der Waals surface area contributed by atoms with E-state index >= 15 is 0 Å². The highest BCUT2D eigenvalue weighted by atomic mass is 32.2. The van der Waals surface area contributed by atoms with Gasteiger partial charge in [0.05, 0.1) is 6.42 Å². The van der Waals surface area contributed by atoms with Gasteiger partial charge in [-0.3, -0.25) is 18.9 Å². The number of nitrogens with zero attached hydrogens (tertiary/aromatic N) is 1. The molecule has 0 bridgehead atoms. The van der Waals surface area contributed by atoms with Crippen LogP contribution in [0.3, 0.4) is 0 Å². The van der Waals surface area contributed by atoms with Gasteiger partial charge in [0.1, 0.15) is 13.2 Å². The quantitative estimate of drug-likeness (QED) is 0.259. The van der Waals surface area contributed by atoms with Crippen LogP contribution >= 0.6 is 0 Å². The first-order chi connectivity index (χ1) is 12.2. The molecular weight excluding hydrogens is 372 g/mol. The maximum Gasteiger partial charge on any atom is 0.358 e. The van der Waals surface area contributed by atoms with E-state index in [4.69, 9.17) is 9.29 Å². The number of carbonyl (C=O) groups excluding carboxylic acids is 4. The molecule has 1 rings (SSSR count). The van der Waals surface area contributed by atoms with Crippen molar-refractivity contribution in [2.45, 2.75) is 44.3 Å². The Morgan fingerprint density at radius 3 is 2.50 bits per heavy atom. The Morgan fingerprint density at radius 1 is 1.23 bits per heavy atom. The lowest BCUT2D eigenvalue weighted by Crippen LogP contribution is -2.38. The van der Waals surface area contributed by atoms with Crippen molar-refractivity contribution < 1.29 is 41.7 Å². The van der Waals surface area contributed by atoms with Gasteiger partial charge in [-0.05, 0) is 6.42 Å². The van der Waals surface area contributed by atoms with Crippen molar-refractivity contribution in [2.24, 2.45) is 0 Å². The lowest BCUT2D eigenvalue weighted by atomic mass is 10.2. The molecule has 1 atom stereocenters. The first-order valence-corrected chi connectivity index (χ1v) is 9.55. The fourth-order valence-corrected chi connectivity index (χ4v) is 2.80. The monoisotopic (exact) mass is 394 g/mol. The van der Waals surface area contributed by atoms with E-state index in [1.807, 2.05) is 0 Å². The second kappa shape index (κ2) is 10.2. The maximum absolute atomic E-state index is 11.7. The first kappa shape index (κ1) is 22.0. The van der Waals surface area contributed by atoms with Gasteiger partial charge in [-0.2, -0.15) is 8.42 Å². The molecule has 148 valence electrons. The molecule has 0 spiro atoms. The molecule has 0 aromatic rings. The minimum absolute atomic E-state index is 0.0298. The standard InChI is InChI=1S/C14H22N2O9S/c1-2-3-4-5-6-15-11(17)8-24-9-13(19)25-16-12(18)7-10(14(16)20)26(21,22)23/h10H,2-9H2,1H3,(H,15,17)(H,21,22,23). The van der Waals surface area contributed by atoms with Crippen molar-refractivity contribution in [1.29, 1.82) is 0 Å². The number of rotatable bonds is 11. The normalized spacial score (nSPS) is 17.5. The summed E-state index contributed by atoms with van der Waals surface area (Å²) in [5.41, 5.74) is 0. The van der Waals surface area contributed by atoms with Crippen LogP contribution in [-0.2, 0) is 38.9 Å². The van der Waals surface area contributed by atoms with Crippen LogP contribution in [0.4, 0.5) is 0 Å². The molecule has 1 saturated heterocycles. The van der Waals surface area contributed by atoms with Gasteiger partial charge < -0.3 is 14.9 Å². The lowest BCUT2D eigenvalue weighted by Gasteiger charge is -2.13.